The second-order valence-corrected chi connectivity index (χ2v) is 8.70. The number of aromatic nitrogens is 4. The molecule has 5 rings (SSSR count). The Morgan fingerprint density at radius 1 is 1.24 bits per heavy atom. The number of aliphatic hydroxyl groups excluding tert-OH is 1. The van der Waals surface area contributed by atoms with Crippen LogP contribution in [0.5, 0.6) is 5.88 Å². The van der Waals surface area contributed by atoms with Crippen LogP contribution >= 0.6 is 23.2 Å². The third-order valence-electron chi connectivity index (χ3n) is 5.50. The Morgan fingerprint density at radius 2 is 1.94 bits per heavy atom. The zero-order valence-electron chi connectivity index (χ0n) is 17.5. The number of amides is 1. The maximum atomic E-state index is 13.6. The fourth-order valence-corrected chi connectivity index (χ4v) is 4.39. The average molecular weight is 501 g/mol. The molecule has 1 saturated carbocycles. The molecule has 0 aliphatic heterocycles. The molecule has 1 fully saturated rings. The van der Waals surface area contributed by atoms with Gasteiger partial charge in [-0.25, -0.2) is 4.98 Å². The molecule has 10 nitrogen and oxygen atoms in total. The van der Waals surface area contributed by atoms with Crippen molar-refractivity contribution in [3.63, 3.8) is 0 Å². The van der Waals surface area contributed by atoms with E-state index in [0.717, 1.165) is 21.9 Å². The highest BCUT2D eigenvalue weighted by atomic mass is 35.5. The van der Waals surface area contributed by atoms with Gasteiger partial charge in [0.2, 0.25) is 5.88 Å². The number of carbonyl (C=O) groups excluding carboxylic acids is 1. The molecular formula is C22H18Cl2N6O4. The Bertz CT molecular complexity index is 1500. The Hall–Kier alpha value is -3.60. The van der Waals surface area contributed by atoms with Crippen molar-refractivity contribution in [2.45, 2.75) is 25.5 Å². The normalized spacial score (nSPS) is 13.4. The number of nitrogens with one attached hydrogen (secondary N) is 1. The number of nitrogens with two attached hydrogens (primary N) is 1. The first kappa shape index (κ1) is 22.2. The van der Waals surface area contributed by atoms with Gasteiger partial charge < -0.3 is 21.3 Å². The zero-order chi connectivity index (χ0) is 24.1. The lowest BCUT2D eigenvalue weighted by molar-refractivity contribution is 0.0945. The summed E-state index contributed by atoms with van der Waals surface area (Å²) in [5, 5.41) is 27.6. The van der Waals surface area contributed by atoms with Gasteiger partial charge in [-0.15, -0.1) is 0 Å². The molecule has 4 aromatic rings. The molecule has 5 N–H and O–H groups in total. The Kier molecular flexibility index (Phi) is 5.43. The molecule has 1 aromatic carbocycles. The number of nitrogens with zero attached hydrogens (tertiary/aromatic N) is 4. The predicted molar refractivity (Wildman–Crippen MR) is 127 cm³/mol. The third kappa shape index (κ3) is 3.65. The van der Waals surface area contributed by atoms with Crippen LogP contribution in [0, 0.1) is 0 Å². The van der Waals surface area contributed by atoms with Crippen LogP contribution in [0.4, 0.5) is 5.82 Å². The smallest absolute Gasteiger partial charge is 0.275 e. The lowest BCUT2D eigenvalue weighted by Crippen LogP contribution is -2.35. The molecule has 0 radical (unpaired) electrons. The largest absolute Gasteiger partial charge is 0.492 e. The number of aliphatic hydroxyl groups is 1. The summed E-state index contributed by atoms with van der Waals surface area (Å²) in [6.45, 7) is -0.314. The van der Waals surface area contributed by atoms with E-state index in [1.54, 1.807) is 12.1 Å². The van der Waals surface area contributed by atoms with E-state index < -0.39 is 22.9 Å². The molecule has 3 aromatic heterocycles. The summed E-state index contributed by atoms with van der Waals surface area (Å²) < 4.78 is 2.16. The van der Waals surface area contributed by atoms with Crippen molar-refractivity contribution < 1.29 is 15.0 Å². The molecule has 0 unspecified atom stereocenters. The SMILES string of the molecule is Nc1ncccc1-c1cc2n(-c3c(Cl)cc(CO)cc3Cl)c(=O)c(C(=O)NC3CC3)c(O)n2n1. The molecule has 0 spiro atoms. The van der Waals surface area contributed by atoms with Crippen molar-refractivity contribution in [2.75, 3.05) is 5.73 Å². The number of anilines is 1. The second kappa shape index (κ2) is 8.32. The van der Waals surface area contributed by atoms with Crippen LogP contribution in [0.3, 0.4) is 0 Å². The van der Waals surface area contributed by atoms with Crippen LogP contribution < -0.4 is 16.6 Å². The molecular weight excluding hydrogens is 483 g/mol. The molecule has 0 atom stereocenters. The van der Waals surface area contributed by atoms with E-state index in [-0.39, 0.29) is 39.8 Å². The topological polar surface area (TPSA) is 148 Å². The Morgan fingerprint density at radius 3 is 2.56 bits per heavy atom. The van der Waals surface area contributed by atoms with E-state index >= 15 is 0 Å². The highest BCUT2D eigenvalue weighted by molar-refractivity contribution is 6.38. The molecule has 1 aliphatic carbocycles. The first-order valence-electron chi connectivity index (χ1n) is 10.3. The van der Waals surface area contributed by atoms with Crippen LogP contribution in [-0.2, 0) is 6.61 Å². The van der Waals surface area contributed by atoms with Crippen LogP contribution in [0.15, 0.2) is 41.3 Å². The van der Waals surface area contributed by atoms with Gasteiger partial charge in [-0.1, -0.05) is 23.2 Å². The second-order valence-electron chi connectivity index (χ2n) is 7.89. The molecule has 3 heterocycles. The number of nitrogen functional groups attached to an aromatic ring is 1. The molecule has 1 aliphatic rings. The lowest BCUT2D eigenvalue weighted by Gasteiger charge is -2.16. The van der Waals surface area contributed by atoms with Gasteiger partial charge in [0.25, 0.3) is 11.5 Å². The molecule has 174 valence electrons. The van der Waals surface area contributed by atoms with Crippen LogP contribution in [0.1, 0.15) is 28.8 Å². The number of hydrogen-bond acceptors (Lipinski definition) is 7. The van der Waals surface area contributed by atoms with E-state index in [2.05, 4.69) is 15.4 Å². The van der Waals surface area contributed by atoms with Gasteiger partial charge in [-0.2, -0.15) is 9.61 Å². The van der Waals surface area contributed by atoms with E-state index in [0.29, 0.717) is 16.8 Å². The summed E-state index contributed by atoms with van der Waals surface area (Å²) in [6.07, 6.45) is 3.09. The van der Waals surface area contributed by atoms with Gasteiger partial charge in [0.15, 0.2) is 5.56 Å². The van der Waals surface area contributed by atoms with E-state index in [1.807, 2.05) is 0 Å². The van der Waals surface area contributed by atoms with E-state index in [9.17, 15) is 19.8 Å². The number of benzene rings is 1. The predicted octanol–water partition coefficient (Wildman–Crippen LogP) is 2.53. The van der Waals surface area contributed by atoms with E-state index in [4.69, 9.17) is 28.9 Å². The summed E-state index contributed by atoms with van der Waals surface area (Å²) in [6, 6.07) is 7.70. The van der Waals surface area contributed by atoms with Crippen molar-refractivity contribution in [2.24, 2.45) is 0 Å². The standard InChI is InChI=1S/C22H18Cl2N6O4/c23-13-6-10(9-31)7-14(24)18(13)29-16-8-15(12-2-1-5-26-19(12)25)28-30(16)22(34)17(21(29)33)20(32)27-11-3-4-11/h1-2,5-8,11,31,34H,3-4,9H2,(H2,25,26)(H,27,32). The average Bonchev–Trinajstić information content (AvgIpc) is 3.50. The van der Waals surface area contributed by atoms with E-state index in [1.165, 1.54) is 24.4 Å². The monoisotopic (exact) mass is 500 g/mol. The minimum absolute atomic E-state index is 0.0587. The van der Waals surface area contributed by atoms with Gasteiger partial charge in [0.1, 0.15) is 11.5 Å². The van der Waals surface area contributed by atoms with Crippen molar-refractivity contribution in [3.8, 4) is 22.8 Å². The summed E-state index contributed by atoms with van der Waals surface area (Å²) >= 11 is 12.9. The number of hydrogen-bond donors (Lipinski definition) is 4. The lowest BCUT2D eigenvalue weighted by atomic mass is 10.2. The first-order chi connectivity index (χ1) is 16.3. The minimum atomic E-state index is -0.839. The Labute approximate surface area is 202 Å². The van der Waals surface area contributed by atoms with Gasteiger partial charge in [-0.05, 0) is 42.7 Å². The number of rotatable bonds is 5. The number of carbonyl (C=O) groups is 1. The van der Waals surface area contributed by atoms with Gasteiger partial charge in [0, 0.05) is 23.9 Å². The summed E-state index contributed by atoms with van der Waals surface area (Å²) in [4.78, 5) is 30.6. The highest BCUT2D eigenvalue weighted by Crippen LogP contribution is 2.34. The Balaban J connectivity index is 1.85. The first-order valence-corrected chi connectivity index (χ1v) is 11.0. The van der Waals surface area contributed by atoms with Crippen LogP contribution in [0.25, 0.3) is 22.6 Å². The fourth-order valence-electron chi connectivity index (χ4n) is 3.69. The minimum Gasteiger partial charge on any atom is -0.492 e. The third-order valence-corrected chi connectivity index (χ3v) is 6.07. The number of halogens is 2. The molecule has 1 amide bonds. The van der Waals surface area contributed by atoms with Crippen molar-refractivity contribution >= 4 is 40.6 Å². The highest BCUT2D eigenvalue weighted by Gasteiger charge is 2.31. The van der Waals surface area contributed by atoms with Crippen LogP contribution in [-0.4, -0.2) is 41.3 Å². The quantitative estimate of drug-likeness (QED) is 0.329. The maximum Gasteiger partial charge on any atom is 0.275 e. The van der Waals surface area contributed by atoms with Crippen molar-refractivity contribution in [3.05, 3.63) is 68.1 Å². The van der Waals surface area contributed by atoms with Crippen LogP contribution in [0.2, 0.25) is 10.0 Å². The van der Waals surface area contributed by atoms with Crippen molar-refractivity contribution in [1.82, 2.24) is 24.5 Å². The number of pyridine rings is 1. The zero-order valence-corrected chi connectivity index (χ0v) is 19.0. The van der Waals surface area contributed by atoms with Gasteiger partial charge in [-0.3, -0.25) is 14.2 Å². The number of aromatic hydroxyl groups is 1. The number of fused-ring (bicyclic) bond motifs is 1. The molecule has 12 heteroatoms. The van der Waals surface area contributed by atoms with Gasteiger partial charge in [0.05, 0.1) is 28.0 Å². The fraction of sp³-hybridized carbons (Fsp3) is 0.182. The van der Waals surface area contributed by atoms with Gasteiger partial charge >= 0.3 is 0 Å². The van der Waals surface area contributed by atoms with Crippen molar-refractivity contribution in [1.29, 1.82) is 0 Å². The molecule has 0 saturated heterocycles. The molecule has 0 bridgehead atoms. The maximum absolute atomic E-state index is 13.6. The summed E-state index contributed by atoms with van der Waals surface area (Å²) in [5.74, 6) is -1.19. The molecule has 34 heavy (non-hydrogen) atoms. The summed E-state index contributed by atoms with van der Waals surface area (Å²) in [5.41, 5.74) is 6.00. The summed E-state index contributed by atoms with van der Waals surface area (Å²) in [7, 11) is 0.